The van der Waals surface area contributed by atoms with E-state index in [2.05, 4.69) is 48.4 Å². The van der Waals surface area contributed by atoms with Crippen LogP contribution in [-0.2, 0) is 16.1 Å². The Morgan fingerprint density at radius 2 is 1.85 bits per heavy atom. The van der Waals surface area contributed by atoms with E-state index in [4.69, 9.17) is 14.6 Å². The van der Waals surface area contributed by atoms with E-state index in [1.54, 1.807) is 16.4 Å². The molecule has 0 amide bonds. The maximum atomic E-state index is 12.7. The lowest BCUT2D eigenvalue weighted by Gasteiger charge is -2.27. The molecule has 1 aliphatic heterocycles. The van der Waals surface area contributed by atoms with Gasteiger partial charge in [0.05, 0.1) is 12.7 Å². The monoisotopic (exact) mass is 478 g/mol. The van der Waals surface area contributed by atoms with E-state index in [1.165, 1.54) is 12.7 Å². The third-order valence-corrected chi connectivity index (χ3v) is 6.61. The van der Waals surface area contributed by atoms with Crippen LogP contribution in [0, 0.1) is 6.92 Å². The van der Waals surface area contributed by atoms with Crippen molar-refractivity contribution in [1.82, 2.24) is 14.8 Å². The summed E-state index contributed by atoms with van der Waals surface area (Å²) < 4.78 is 12.8. The van der Waals surface area contributed by atoms with Gasteiger partial charge in [-0.25, -0.2) is 9.48 Å². The molecule has 0 bridgehead atoms. The fourth-order valence-electron chi connectivity index (χ4n) is 3.78. The third-order valence-electron chi connectivity index (χ3n) is 5.69. The van der Waals surface area contributed by atoms with Crippen LogP contribution in [0.2, 0.25) is 0 Å². The number of allylic oxidation sites excluding steroid dienone is 1. The lowest BCUT2D eigenvalue weighted by atomic mass is 9.96. The average molecular weight is 479 g/mol. The summed E-state index contributed by atoms with van der Waals surface area (Å²) in [4.78, 5) is 17.4. The van der Waals surface area contributed by atoms with Crippen LogP contribution >= 0.6 is 11.8 Å². The number of thioether (sulfide) groups is 1. The number of nitrogens with one attached hydrogen (secondary N) is 1. The molecule has 2 heterocycles. The van der Waals surface area contributed by atoms with Gasteiger partial charge < -0.3 is 14.8 Å². The Morgan fingerprint density at radius 3 is 2.53 bits per heavy atom. The van der Waals surface area contributed by atoms with Gasteiger partial charge in [0.1, 0.15) is 18.4 Å². The van der Waals surface area contributed by atoms with Crippen molar-refractivity contribution in [2.24, 2.45) is 0 Å². The Morgan fingerprint density at radius 1 is 1.12 bits per heavy atom. The molecule has 0 saturated heterocycles. The summed E-state index contributed by atoms with van der Waals surface area (Å²) in [6.07, 6.45) is 2.22. The number of carbonyl (C=O) groups excluding carboxylic acids is 1. The summed E-state index contributed by atoms with van der Waals surface area (Å²) in [5.41, 5.74) is 4.46. The highest BCUT2D eigenvalue weighted by atomic mass is 32.2. The predicted octanol–water partition coefficient (Wildman–Crippen LogP) is 5.52. The summed E-state index contributed by atoms with van der Waals surface area (Å²) in [6, 6.07) is 15.6. The number of hydrogen-bond acceptors (Lipinski definition) is 7. The SMILES string of the molecule is CCCCSc1nc2n(n1)C(c1ccc(OCc3ccc(C)cc3)cc1)C(C(=O)OC)=C(C)N2. The van der Waals surface area contributed by atoms with Crippen LogP contribution in [0.3, 0.4) is 0 Å². The molecule has 0 fully saturated rings. The molecule has 1 atom stereocenters. The number of unbranched alkanes of at least 4 members (excludes halogenated alkanes) is 1. The molecule has 0 aliphatic carbocycles. The fourth-order valence-corrected chi connectivity index (χ4v) is 4.69. The number of methoxy groups -OCH3 is 1. The van der Waals surface area contributed by atoms with Crippen molar-refractivity contribution in [3.05, 3.63) is 76.5 Å². The number of aromatic nitrogens is 3. The zero-order valence-electron chi connectivity index (χ0n) is 20.0. The number of esters is 1. The minimum absolute atomic E-state index is 0.393. The van der Waals surface area contributed by atoms with Crippen molar-refractivity contribution >= 4 is 23.7 Å². The smallest absolute Gasteiger partial charge is 0.338 e. The molecule has 1 aliphatic rings. The van der Waals surface area contributed by atoms with E-state index in [1.807, 2.05) is 31.2 Å². The van der Waals surface area contributed by atoms with Crippen molar-refractivity contribution in [3.63, 3.8) is 0 Å². The van der Waals surface area contributed by atoms with Crippen molar-refractivity contribution in [3.8, 4) is 5.75 Å². The van der Waals surface area contributed by atoms with Crippen molar-refractivity contribution in [2.75, 3.05) is 18.2 Å². The second kappa shape index (κ2) is 10.8. The maximum Gasteiger partial charge on any atom is 0.338 e. The highest BCUT2D eigenvalue weighted by Crippen LogP contribution is 2.37. The molecule has 8 heteroatoms. The Kier molecular flexibility index (Phi) is 7.57. The summed E-state index contributed by atoms with van der Waals surface area (Å²) in [5.74, 6) is 1.94. The van der Waals surface area contributed by atoms with Gasteiger partial charge in [0, 0.05) is 11.4 Å². The van der Waals surface area contributed by atoms with Crippen molar-refractivity contribution in [2.45, 2.75) is 51.4 Å². The van der Waals surface area contributed by atoms with Crippen LogP contribution < -0.4 is 10.1 Å². The quantitative estimate of drug-likeness (QED) is 0.246. The van der Waals surface area contributed by atoms with E-state index in [9.17, 15) is 4.79 Å². The fraction of sp³-hybridized carbons (Fsp3) is 0.346. The van der Waals surface area contributed by atoms with E-state index in [0.29, 0.717) is 29.0 Å². The Hall–Kier alpha value is -3.26. The number of hydrogen-bond donors (Lipinski definition) is 1. The van der Waals surface area contributed by atoms with Gasteiger partial charge in [0.2, 0.25) is 11.1 Å². The Bertz CT molecular complexity index is 1170. The maximum absolute atomic E-state index is 12.7. The van der Waals surface area contributed by atoms with E-state index < -0.39 is 12.0 Å². The summed E-state index contributed by atoms with van der Waals surface area (Å²) in [7, 11) is 1.39. The predicted molar refractivity (Wildman–Crippen MR) is 134 cm³/mol. The van der Waals surface area contributed by atoms with Gasteiger partial charge in [-0.2, -0.15) is 4.98 Å². The number of aryl methyl sites for hydroxylation is 1. The Balaban J connectivity index is 1.59. The lowest BCUT2D eigenvalue weighted by Crippen LogP contribution is -2.29. The molecule has 4 rings (SSSR count). The summed E-state index contributed by atoms with van der Waals surface area (Å²) >= 11 is 1.62. The molecule has 0 saturated carbocycles. The van der Waals surface area contributed by atoms with E-state index in [-0.39, 0.29) is 0 Å². The second-order valence-electron chi connectivity index (χ2n) is 8.27. The van der Waals surface area contributed by atoms with Crippen LogP contribution in [0.15, 0.2) is 65.0 Å². The first-order chi connectivity index (χ1) is 16.5. The normalized spacial score (nSPS) is 15.0. The molecular formula is C26H30N4O3S. The van der Waals surface area contributed by atoms with Crippen LogP contribution in [-0.4, -0.2) is 33.6 Å². The third kappa shape index (κ3) is 5.28. The molecule has 1 N–H and O–H groups in total. The summed E-state index contributed by atoms with van der Waals surface area (Å²) in [5, 5.41) is 8.63. The van der Waals surface area contributed by atoms with Gasteiger partial charge in [-0.15, -0.1) is 5.10 Å². The molecule has 2 aromatic carbocycles. The number of carbonyl (C=O) groups is 1. The minimum atomic E-state index is -0.442. The van der Waals surface area contributed by atoms with Crippen LogP contribution in [0.1, 0.15) is 49.4 Å². The molecule has 7 nitrogen and oxygen atoms in total. The number of benzene rings is 2. The first-order valence-corrected chi connectivity index (χ1v) is 12.4. The molecule has 1 unspecified atom stereocenters. The first-order valence-electron chi connectivity index (χ1n) is 11.4. The number of anilines is 1. The minimum Gasteiger partial charge on any atom is -0.489 e. The molecule has 0 radical (unpaired) electrons. The van der Waals surface area contributed by atoms with Crippen LogP contribution in [0.25, 0.3) is 0 Å². The van der Waals surface area contributed by atoms with Crippen molar-refractivity contribution < 1.29 is 14.3 Å². The summed E-state index contributed by atoms with van der Waals surface area (Å²) in [6.45, 7) is 6.58. The number of nitrogens with zero attached hydrogens (tertiary/aromatic N) is 3. The van der Waals surface area contributed by atoms with Gasteiger partial charge >= 0.3 is 5.97 Å². The van der Waals surface area contributed by atoms with Gasteiger partial charge in [0.25, 0.3) is 0 Å². The lowest BCUT2D eigenvalue weighted by molar-refractivity contribution is -0.136. The van der Waals surface area contributed by atoms with Crippen LogP contribution in [0.4, 0.5) is 5.95 Å². The zero-order chi connectivity index (χ0) is 24.1. The molecule has 3 aromatic rings. The molecule has 34 heavy (non-hydrogen) atoms. The number of fused-ring (bicyclic) bond motifs is 1. The standard InChI is InChI=1S/C26H30N4O3S/c1-5-6-15-34-26-28-25-27-18(3)22(24(31)32-4)23(30(25)29-26)20-11-13-21(14-12-20)33-16-19-9-7-17(2)8-10-19/h7-14,23H,5-6,15-16H2,1-4H3,(H,27,28,29). The second-order valence-corrected chi connectivity index (χ2v) is 9.33. The molecule has 178 valence electrons. The first kappa shape index (κ1) is 23.9. The molecular weight excluding hydrogens is 448 g/mol. The number of rotatable bonds is 9. The topological polar surface area (TPSA) is 78.3 Å². The van der Waals surface area contributed by atoms with Gasteiger partial charge in [-0.05, 0) is 43.5 Å². The average Bonchev–Trinajstić information content (AvgIpc) is 3.25. The zero-order valence-corrected chi connectivity index (χ0v) is 20.8. The molecule has 0 spiro atoms. The van der Waals surface area contributed by atoms with E-state index in [0.717, 1.165) is 35.5 Å². The molecule has 1 aromatic heterocycles. The largest absolute Gasteiger partial charge is 0.489 e. The van der Waals surface area contributed by atoms with Gasteiger partial charge in [0.15, 0.2) is 0 Å². The van der Waals surface area contributed by atoms with Crippen LogP contribution in [0.5, 0.6) is 5.75 Å². The van der Waals surface area contributed by atoms with Gasteiger partial charge in [-0.3, -0.25) is 0 Å². The Labute approximate surface area is 204 Å². The van der Waals surface area contributed by atoms with Gasteiger partial charge in [-0.1, -0.05) is 67.1 Å². The van der Waals surface area contributed by atoms with E-state index >= 15 is 0 Å². The number of ether oxygens (including phenoxy) is 2. The highest BCUT2D eigenvalue weighted by Gasteiger charge is 2.35. The highest BCUT2D eigenvalue weighted by molar-refractivity contribution is 7.99. The van der Waals surface area contributed by atoms with Crippen molar-refractivity contribution in [1.29, 1.82) is 0 Å².